The molecule has 0 aliphatic rings. The van der Waals surface area contributed by atoms with Crippen molar-refractivity contribution in [3.63, 3.8) is 0 Å². The van der Waals surface area contributed by atoms with Gasteiger partial charge in [-0.3, -0.25) is 4.79 Å². The number of hydrogen-bond acceptors (Lipinski definition) is 4. The summed E-state index contributed by atoms with van der Waals surface area (Å²) in [7, 11) is 0. The van der Waals surface area contributed by atoms with Crippen molar-refractivity contribution in [3.8, 4) is 5.75 Å². The predicted molar refractivity (Wildman–Crippen MR) is 105 cm³/mol. The first kappa shape index (κ1) is 17.6. The summed E-state index contributed by atoms with van der Waals surface area (Å²) in [6.45, 7) is 0.253. The lowest BCUT2D eigenvalue weighted by atomic mass is 10.1. The fourth-order valence-corrected chi connectivity index (χ4v) is 3.02. The van der Waals surface area contributed by atoms with E-state index in [0.29, 0.717) is 33.9 Å². The summed E-state index contributed by atoms with van der Waals surface area (Å²) < 4.78 is 5.76. The van der Waals surface area contributed by atoms with E-state index in [1.54, 1.807) is 18.2 Å². The second kappa shape index (κ2) is 7.42. The third-order valence-electron chi connectivity index (χ3n) is 4.01. The zero-order valence-electron chi connectivity index (χ0n) is 14.0. The van der Waals surface area contributed by atoms with Gasteiger partial charge in [0.05, 0.1) is 10.0 Å². The molecule has 136 valence electrons. The van der Waals surface area contributed by atoms with Crippen LogP contribution in [0.25, 0.3) is 10.9 Å². The largest absolute Gasteiger partial charge is 0.486 e. The van der Waals surface area contributed by atoms with Crippen LogP contribution in [0.15, 0.2) is 53.3 Å². The quantitative estimate of drug-likeness (QED) is 0.527. The van der Waals surface area contributed by atoms with Crippen LogP contribution in [0, 0.1) is 0 Å². The van der Waals surface area contributed by atoms with Crippen molar-refractivity contribution in [3.05, 3.63) is 86.1 Å². The second-order valence-electron chi connectivity index (χ2n) is 6.00. The van der Waals surface area contributed by atoms with Crippen LogP contribution in [0.5, 0.6) is 5.75 Å². The molecule has 2 N–H and O–H groups in total. The minimum absolute atomic E-state index is 0.132. The molecular weight excluding hydrogens is 387 g/mol. The topological polar surface area (TPSA) is 83.7 Å². The lowest BCUT2D eigenvalue weighted by Gasteiger charge is -2.05. The Kier molecular flexibility index (Phi) is 4.83. The summed E-state index contributed by atoms with van der Waals surface area (Å²) in [5.41, 5.74) is 1.61. The Hall–Kier alpha value is -2.83. The average Bonchev–Trinajstić information content (AvgIpc) is 3.10. The molecule has 6 nitrogen and oxygen atoms in total. The van der Waals surface area contributed by atoms with E-state index < -0.39 is 0 Å². The first-order chi connectivity index (χ1) is 13.1. The van der Waals surface area contributed by atoms with Crippen LogP contribution in [0.4, 0.5) is 0 Å². The number of nitrogens with one attached hydrogen (secondary N) is 2. The third-order valence-corrected chi connectivity index (χ3v) is 4.75. The number of H-pyrrole nitrogens is 2. The van der Waals surface area contributed by atoms with Crippen molar-refractivity contribution < 1.29 is 4.74 Å². The predicted octanol–water partition coefficient (Wildman–Crippen LogP) is 4.12. The molecule has 2 aromatic heterocycles. The molecule has 0 aliphatic heterocycles. The number of aromatic nitrogens is 4. The molecular formula is C19H14Cl2N4O2. The van der Waals surface area contributed by atoms with Crippen molar-refractivity contribution in [2.45, 2.75) is 13.0 Å². The minimum Gasteiger partial charge on any atom is -0.486 e. The van der Waals surface area contributed by atoms with Gasteiger partial charge in [-0.2, -0.15) is 0 Å². The Labute approximate surface area is 164 Å². The van der Waals surface area contributed by atoms with Gasteiger partial charge in [-0.15, -0.1) is 10.2 Å². The van der Waals surface area contributed by atoms with Crippen LogP contribution in [-0.2, 0) is 13.0 Å². The van der Waals surface area contributed by atoms with Gasteiger partial charge < -0.3 is 14.7 Å². The maximum Gasteiger partial charge on any atom is 0.248 e. The molecule has 2 heterocycles. The number of aromatic amines is 2. The number of halogens is 2. The van der Waals surface area contributed by atoms with Crippen molar-refractivity contribution >= 4 is 34.1 Å². The Morgan fingerprint density at radius 1 is 0.889 bits per heavy atom. The molecule has 8 heteroatoms. The Morgan fingerprint density at radius 3 is 2.59 bits per heavy atom. The lowest BCUT2D eigenvalue weighted by molar-refractivity contribution is 0.296. The van der Waals surface area contributed by atoms with Crippen molar-refractivity contribution in [2.24, 2.45) is 0 Å². The molecule has 0 bridgehead atoms. The average molecular weight is 401 g/mol. The van der Waals surface area contributed by atoms with Gasteiger partial charge in [-0.05, 0) is 42.0 Å². The number of hydrogen-bond donors (Lipinski definition) is 2. The molecule has 0 atom stereocenters. The first-order valence-electron chi connectivity index (χ1n) is 8.17. The van der Waals surface area contributed by atoms with Gasteiger partial charge in [0.2, 0.25) is 5.56 Å². The number of rotatable bonds is 5. The van der Waals surface area contributed by atoms with Crippen LogP contribution in [0.1, 0.15) is 17.2 Å². The molecule has 0 aliphatic carbocycles. The Bertz CT molecular complexity index is 1170. The van der Waals surface area contributed by atoms with E-state index in [1.807, 2.05) is 24.3 Å². The standard InChI is InChI=1S/C19H14Cl2N4O2/c20-14-4-1-11(7-15(14)21)8-17-23-18(25-24-17)10-27-13-3-5-16-12(9-13)2-6-19(26)22-16/h1-7,9H,8,10H2,(H,22,26)(H,23,24,25). The lowest BCUT2D eigenvalue weighted by Crippen LogP contribution is -2.02. The van der Waals surface area contributed by atoms with Crippen LogP contribution < -0.4 is 10.3 Å². The van der Waals surface area contributed by atoms with Crippen molar-refractivity contribution in [2.75, 3.05) is 0 Å². The van der Waals surface area contributed by atoms with Crippen LogP contribution in [-0.4, -0.2) is 20.2 Å². The van der Waals surface area contributed by atoms with Gasteiger partial charge >= 0.3 is 0 Å². The molecule has 0 saturated heterocycles. The van der Waals surface area contributed by atoms with E-state index in [-0.39, 0.29) is 12.2 Å². The van der Waals surface area contributed by atoms with E-state index in [0.717, 1.165) is 16.5 Å². The second-order valence-corrected chi connectivity index (χ2v) is 6.82. The van der Waals surface area contributed by atoms with Gasteiger partial charge in [-0.1, -0.05) is 29.3 Å². The number of nitrogens with zero attached hydrogens (tertiary/aromatic N) is 2. The molecule has 4 rings (SSSR count). The fraction of sp³-hybridized carbons (Fsp3) is 0.105. The minimum atomic E-state index is -0.132. The molecule has 27 heavy (non-hydrogen) atoms. The van der Waals surface area contributed by atoms with E-state index in [1.165, 1.54) is 6.07 Å². The van der Waals surface area contributed by atoms with E-state index in [4.69, 9.17) is 27.9 Å². The van der Waals surface area contributed by atoms with Crippen molar-refractivity contribution in [1.29, 1.82) is 0 Å². The highest BCUT2D eigenvalue weighted by molar-refractivity contribution is 6.42. The summed E-state index contributed by atoms with van der Waals surface area (Å²) in [6, 6.07) is 14.2. The molecule has 0 amide bonds. The molecule has 4 aromatic rings. The highest BCUT2D eigenvalue weighted by Gasteiger charge is 2.07. The van der Waals surface area contributed by atoms with Crippen LogP contribution in [0.3, 0.4) is 0 Å². The molecule has 0 saturated carbocycles. The SMILES string of the molecule is O=c1ccc2cc(OCc3nnc(Cc4ccc(Cl)c(Cl)c4)[nH]3)ccc2[nH]1. The maximum absolute atomic E-state index is 11.3. The summed E-state index contributed by atoms with van der Waals surface area (Å²) >= 11 is 12.0. The first-order valence-corrected chi connectivity index (χ1v) is 8.93. The molecule has 0 unspecified atom stereocenters. The Balaban J connectivity index is 1.42. The number of fused-ring (bicyclic) bond motifs is 1. The summed E-state index contributed by atoms with van der Waals surface area (Å²) in [4.78, 5) is 17.2. The van der Waals surface area contributed by atoms with E-state index in [9.17, 15) is 4.79 Å². The zero-order chi connectivity index (χ0) is 18.8. The Morgan fingerprint density at radius 2 is 1.74 bits per heavy atom. The molecule has 0 spiro atoms. The van der Waals surface area contributed by atoms with Gasteiger partial charge in [0, 0.05) is 23.4 Å². The fourth-order valence-electron chi connectivity index (χ4n) is 2.70. The zero-order valence-corrected chi connectivity index (χ0v) is 15.5. The smallest absolute Gasteiger partial charge is 0.248 e. The van der Waals surface area contributed by atoms with Gasteiger partial charge in [-0.25, -0.2) is 0 Å². The summed E-state index contributed by atoms with van der Waals surface area (Å²) in [5, 5.41) is 10.2. The number of pyridine rings is 1. The van der Waals surface area contributed by atoms with E-state index >= 15 is 0 Å². The van der Waals surface area contributed by atoms with Gasteiger partial charge in [0.25, 0.3) is 0 Å². The number of benzene rings is 2. The monoisotopic (exact) mass is 400 g/mol. The van der Waals surface area contributed by atoms with Crippen molar-refractivity contribution in [1.82, 2.24) is 20.2 Å². The maximum atomic E-state index is 11.3. The molecule has 0 radical (unpaired) electrons. The van der Waals surface area contributed by atoms with Gasteiger partial charge in [0.15, 0.2) is 5.82 Å². The highest BCUT2D eigenvalue weighted by atomic mass is 35.5. The number of ether oxygens (including phenoxy) is 1. The third kappa shape index (κ3) is 4.13. The molecule has 2 aromatic carbocycles. The van der Waals surface area contributed by atoms with Gasteiger partial charge in [0.1, 0.15) is 18.2 Å². The summed E-state index contributed by atoms with van der Waals surface area (Å²) in [5.74, 6) is 2.01. The normalized spacial score (nSPS) is 11.0. The van der Waals surface area contributed by atoms with Crippen LogP contribution >= 0.6 is 23.2 Å². The van der Waals surface area contributed by atoms with Crippen LogP contribution in [0.2, 0.25) is 10.0 Å². The molecule has 0 fully saturated rings. The van der Waals surface area contributed by atoms with E-state index in [2.05, 4.69) is 20.2 Å². The summed E-state index contributed by atoms with van der Waals surface area (Å²) in [6.07, 6.45) is 0.563. The highest BCUT2D eigenvalue weighted by Crippen LogP contribution is 2.23.